The summed E-state index contributed by atoms with van der Waals surface area (Å²) in [4.78, 5) is 0. The fourth-order valence-corrected chi connectivity index (χ4v) is 3.14. The second-order valence-electron chi connectivity index (χ2n) is 6.68. The van der Waals surface area contributed by atoms with Crippen molar-refractivity contribution in [3.8, 4) is 5.69 Å². The van der Waals surface area contributed by atoms with E-state index >= 15 is 0 Å². The summed E-state index contributed by atoms with van der Waals surface area (Å²) in [7, 11) is 0. The lowest BCUT2D eigenvalue weighted by molar-refractivity contribution is 0.217. The highest BCUT2D eigenvalue weighted by molar-refractivity contribution is 5.57. The molecular weight excluding hydrogens is 262 g/mol. The average molecular weight is 285 g/mol. The fourth-order valence-electron chi connectivity index (χ4n) is 3.14. The van der Waals surface area contributed by atoms with Gasteiger partial charge in [0.25, 0.3) is 0 Å². The lowest BCUT2D eigenvalue weighted by Gasteiger charge is -2.40. The first-order chi connectivity index (χ1) is 10.1. The van der Waals surface area contributed by atoms with Gasteiger partial charge in [0, 0.05) is 11.7 Å². The Labute approximate surface area is 125 Å². The minimum Gasteiger partial charge on any atom is -0.381 e. The van der Waals surface area contributed by atoms with Gasteiger partial charge in [0.05, 0.1) is 5.69 Å². The van der Waals surface area contributed by atoms with Crippen LogP contribution in [0.1, 0.15) is 45.1 Å². The number of anilines is 1. The second-order valence-corrected chi connectivity index (χ2v) is 6.68. The topological polar surface area (TPSA) is 55.6 Å². The summed E-state index contributed by atoms with van der Waals surface area (Å²) < 4.78 is 1.69. The highest BCUT2D eigenvalue weighted by atomic mass is 15.5. The summed E-state index contributed by atoms with van der Waals surface area (Å²) >= 11 is 0. The summed E-state index contributed by atoms with van der Waals surface area (Å²) in [6, 6.07) is 6.82. The van der Waals surface area contributed by atoms with Crippen molar-refractivity contribution in [3.63, 3.8) is 0 Å². The highest BCUT2D eigenvalue weighted by Gasteiger charge is 2.32. The second kappa shape index (κ2) is 5.47. The van der Waals surface area contributed by atoms with Crippen molar-refractivity contribution in [3.05, 3.63) is 30.1 Å². The Hall–Kier alpha value is -1.91. The molecule has 1 aromatic heterocycles. The molecule has 1 aliphatic carbocycles. The van der Waals surface area contributed by atoms with Crippen LogP contribution in [0.25, 0.3) is 5.69 Å². The molecule has 1 heterocycles. The highest BCUT2D eigenvalue weighted by Crippen LogP contribution is 2.37. The van der Waals surface area contributed by atoms with E-state index in [0.717, 1.165) is 5.69 Å². The third kappa shape index (κ3) is 2.91. The Balaban J connectivity index is 1.86. The van der Waals surface area contributed by atoms with Crippen molar-refractivity contribution < 1.29 is 0 Å². The molecule has 2 aromatic rings. The predicted octanol–water partition coefficient (Wildman–Crippen LogP) is 3.35. The number of aromatic nitrogens is 4. The van der Waals surface area contributed by atoms with Gasteiger partial charge in [0.15, 0.2) is 0 Å². The van der Waals surface area contributed by atoms with Crippen molar-refractivity contribution >= 4 is 5.69 Å². The van der Waals surface area contributed by atoms with Crippen LogP contribution in [0.5, 0.6) is 0 Å². The van der Waals surface area contributed by atoms with Crippen LogP contribution in [0.4, 0.5) is 5.69 Å². The average Bonchev–Trinajstić information content (AvgIpc) is 2.97. The van der Waals surface area contributed by atoms with Crippen LogP contribution < -0.4 is 5.32 Å². The van der Waals surface area contributed by atoms with Crippen molar-refractivity contribution in [1.29, 1.82) is 0 Å². The number of hydrogen-bond acceptors (Lipinski definition) is 4. The first-order valence-corrected chi connectivity index (χ1v) is 7.67. The molecule has 1 N–H and O–H groups in total. The molecule has 0 amide bonds. The Bertz CT molecular complexity index is 603. The third-order valence-electron chi connectivity index (χ3n) is 4.67. The fraction of sp³-hybridized carbons (Fsp3) is 0.562. The molecule has 5 heteroatoms. The number of nitrogens with one attached hydrogen (secondary N) is 1. The SMILES string of the molecule is Cc1ccc(-n2cnnn2)cc1NC1CCCCC1(C)C. The minimum atomic E-state index is 0.343. The zero-order valence-electron chi connectivity index (χ0n) is 13.0. The zero-order valence-corrected chi connectivity index (χ0v) is 13.0. The van der Waals surface area contributed by atoms with E-state index in [1.54, 1.807) is 11.0 Å². The molecule has 1 saturated carbocycles. The number of benzene rings is 1. The standard InChI is InChI=1S/C16H23N5/c1-12-7-8-13(21-11-17-19-20-21)10-14(12)18-15-6-4-5-9-16(15,2)3/h7-8,10-11,15,18H,4-6,9H2,1-3H3. The molecule has 0 bridgehead atoms. The molecule has 1 aromatic carbocycles. The number of rotatable bonds is 3. The molecule has 21 heavy (non-hydrogen) atoms. The van der Waals surface area contributed by atoms with Gasteiger partial charge in [-0.2, -0.15) is 0 Å². The molecule has 0 radical (unpaired) electrons. The van der Waals surface area contributed by atoms with Gasteiger partial charge in [0.1, 0.15) is 6.33 Å². The smallest absolute Gasteiger partial charge is 0.143 e. The molecule has 1 unspecified atom stereocenters. The van der Waals surface area contributed by atoms with Crippen LogP contribution in [0.2, 0.25) is 0 Å². The van der Waals surface area contributed by atoms with E-state index in [1.165, 1.54) is 36.9 Å². The van der Waals surface area contributed by atoms with E-state index in [2.05, 4.69) is 53.7 Å². The van der Waals surface area contributed by atoms with Crippen molar-refractivity contribution in [2.24, 2.45) is 5.41 Å². The number of hydrogen-bond donors (Lipinski definition) is 1. The number of aryl methyl sites for hydroxylation is 1. The summed E-state index contributed by atoms with van der Waals surface area (Å²) in [5.74, 6) is 0. The Morgan fingerprint density at radius 1 is 1.29 bits per heavy atom. The van der Waals surface area contributed by atoms with E-state index in [1.807, 2.05) is 6.07 Å². The predicted molar refractivity (Wildman–Crippen MR) is 83.6 cm³/mol. The molecule has 112 valence electrons. The monoisotopic (exact) mass is 285 g/mol. The van der Waals surface area contributed by atoms with Crippen LogP contribution in [-0.2, 0) is 0 Å². The number of tetrazole rings is 1. The maximum Gasteiger partial charge on any atom is 0.143 e. The van der Waals surface area contributed by atoms with Gasteiger partial charge < -0.3 is 5.32 Å². The van der Waals surface area contributed by atoms with E-state index in [-0.39, 0.29) is 0 Å². The summed E-state index contributed by atoms with van der Waals surface area (Å²) in [5.41, 5.74) is 3.77. The maximum atomic E-state index is 3.96. The molecule has 0 saturated heterocycles. The van der Waals surface area contributed by atoms with Crippen molar-refractivity contribution in [2.45, 2.75) is 52.5 Å². The molecule has 5 nitrogen and oxygen atoms in total. The first-order valence-electron chi connectivity index (χ1n) is 7.67. The largest absolute Gasteiger partial charge is 0.381 e. The van der Waals surface area contributed by atoms with Gasteiger partial charge in [0.2, 0.25) is 0 Å². The summed E-state index contributed by atoms with van der Waals surface area (Å²) in [6.07, 6.45) is 6.80. The minimum absolute atomic E-state index is 0.343. The molecule has 3 rings (SSSR count). The van der Waals surface area contributed by atoms with Crippen LogP contribution in [-0.4, -0.2) is 26.2 Å². The van der Waals surface area contributed by atoms with Gasteiger partial charge >= 0.3 is 0 Å². The lowest BCUT2D eigenvalue weighted by atomic mass is 9.73. The van der Waals surface area contributed by atoms with Crippen molar-refractivity contribution in [2.75, 3.05) is 5.32 Å². The Kier molecular flexibility index (Phi) is 3.66. The normalized spacial score (nSPS) is 21.2. The van der Waals surface area contributed by atoms with Gasteiger partial charge in [-0.3, -0.25) is 0 Å². The van der Waals surface area contributed by atoms with Gasteiger partial charge in [-0.05, 0) is 53.3 Å². The molecule has 0 spiro atoms. The van der Waals surface area contributed by atoms with E-state index in [0.29, 0.717) is 11.5 Å². The molecule has 0 aliphatic heterocycles. The van der Waals surface area contributed by atoms with Gasteiger partial charge in [-0.1, -0.05) is 32.8 Å². The Morgan fingerprint density at radius 2 is 2.14 bits per heavy atom. The van der Waals surface area contributed by atoms with Crippen LogP contribution in [0.15, 0.2) is 24.5 Å². The van der Waals surface area contributed by atoms with Crippen molar-refractivity contribution in [1.82, 2.24) is 20.2 Å². The summed E-state index contributed by atoms with van der Waals surface area (Å²) in [6.45, 7) is 6.87. The lowest BCUT2D eigenvalue weighted by Crippen LogP contribution is -2.39. The molecule has 1 aliphatic rings. The molecule has 1 fully saturated rings. The quantitative estimate of drug-likeness (QED) is 0.939. The van der Waals surface area contributed by atoms with E-state index in [4.69, 9.17) is 0 Å². The summed E-state index contributed by atoms with van der Waals surface area (Å²) in [5, 5.41) is 15.1. The van der Waals surface area contributed by atoms with Gasteiger partial charge in [-0.15, -0.1) is 5.10 Å². The van der Waals surface area contributed by atoms with Crippen LogP contribution in [0.3, 0.4) is 0 Å². The van der Waals surface area contributed by atoms with E-state index < -0.39 is 0 Å². The number of nitrogens with zero attached hydrogens (tertiary/aromatic N) is 4. The molecular formula is C16H23N5. The zero-order chi connectivity index (χ0) is 14.9. The van der Waals surface area contributed by atoms with Crippen LogP contribution in [0, 0.1) is 12.3 Å². The third-order valence-corrected chi connectivity index (χ3v) is 4.67. The van der Waals surface area contributed by atoms with Gasteiger partial charge in [-0.25, -0.2) is 4.68 Å². The molecule has 1 atom stereocenters. The Morgan fingerprint density at radius 3 is 2.86 bits per heavy atom. The maximum absolute atomic E-state index is 3.96. The van der Waals surface area contributed by atoms with Crippen LogP contribution >= 0.6 is 0 Å². The first kappa shape index (κ1) is 14.0. The van der Waals surface area contributed by atoms with E-state index in [9.17, 15) is 0 Å².